The van der Waals surface area contributed by atoms with E-state index in [9.17, 15) is 51.9 Å². The third kappa shape index (κ3) is 12.4. The van der Waals surface area contributed by atoms with Crippen molar-refractivity contribution in [1.82, 2.24) is 0 Å². The predicted octanol–water partition coefficient (Wildman–Crippen LogP) is 9.19. The molecule has 59 heavy (non-hydrogen) atoms. The van der Waals surface area contributed by atoms with Crippen LogP contribution in [0.15, 0.2) is 141 Å². The van der Waals surface area contributed by atoms with E-state index in [1.807, 2.05) is 32.9 Å². The molecule has 0 aliphatic rings. The lowest BCUT2D eigenvalue weighted by atomic mass is 9.73. The molecule has 5 atom stereocenters. The second kappa shape index (κ2) is 18.6. The molecule has 5 aromatic carbocycles. The van der Waals surface area contributed by atoms with Gasteiger partial charge in [-0.25, -0.2) is 0 Å². The molecule has 0 amide bonds. The van der Waals surface area contributed by atoms with Gasteiger partial charge >= 0.3 is 0 Å². The van der Waals surface area contributed by atoms with Crippen molar-refractivity contribution in [1.29, 1.82) is 0 Å². The fraction of sp³-hybridized carbons (Fsp3) is 0.302. The maximum absolute atomic E-state index is 12.1. The van der Waals surface area contributed by atoms with Crippen LogP contribution >= 0.6 is 0 Å². The van der Waals surface area contributed by atoms with E-state index >= 15 is 0 Å². The summed E-state index contributed by atoms with van der Waals surface area (Å²) in [5, 5.41) is 0. The van der Waals surface area contributed by atoms with Gasteiger partial charge in [-0.15, -0.1) is 0 Å². The fourth-order valence-corrected chi connectivity index (χ4v) is 9.70. The smallest absolute Gasteiger partial charge is 0.282 e. The number of rotatable bonds is 18. The maximum Gasteiger partial charge on any atom is 0.294 e. The van der Waals surface area contributed by atoms with Crippen LogP contribution in [0.25, 0.3) is 0 Å². The first-order chi connectivity index (χ1) is 27.5. The molecule has 16 heteroatoms. The third-order valence-corrected chi connectivity index (χ3v) is 14.6. The van der Waals surface area contributed by atoms with E-state index < -0.39 is 40.5 Å². The Bertz CT molecular complexity index is 2650. The van der Waals surface area contributed by atoms with E-state index in [-0.39, 0.29) is 49.2 Å². The summed E-state index contributed by atoms with van der Waals surface area (Å²) in [6.45, 7) is 6.00. The van der Waals surface area contributed by atoms with E-state index in [1.165, 1.54) is 48.5 Å². The molecule has 0 saturated carbocycles. The summed E-state index contributed by atoms with van der Waals surface area (Å²) >= 11 is 0. The Kier molecular flexibility index (Phi) is 14.4. The van der Waals surface area contributed by atoms with E-state index in [1.54, 1.807) is 48.5 Å². The Morgan fingerprint density at radius 1 is 0.373 bits per heavy atom. The van der Waals surface area contributed by atoms with Crippen LogP contribution in [0.3, 0.4) is 0 Å². The van der Waals surface area contributed by atoms with Crippen LogP contribution in [0.4, 0.5) is 0 Å². The summed E-state index contributed by atoms with van der Waals surface area (Å²) in [6, 6.07) is 32.2. The van der Waals surface area contributed by atoms with Crippen LogP contribution in [0.5, 0.6) is 0 Å². The van der Waals surface area contributed by atoms with Gasteiger partial charge in [0.1, 0.15) is 0 Å². The van der Waals surface area contributed by atoms with Gasteiger partial charge in [0.25, 0.3) is 40.5 Å². The normalized spacial score (nSPS) is 15.2. The van der Waals surface area contributed by atoms with Gasteiger partial charge in [0.15, 0.2) is 0 Å². The van der Waals surface area contributed by atoms with E-state index in [4.69, 9.17) is 0 Å². The highest BCUT2D eigenvalue weighted by Crippen LogP contribution is 2.44. The molecule has 0 spiro atoms. The second-order valence-electron chi connectivity index (χ2n) is 15.1. The Morgan fingerprint density at radius 3 is 0.898 bits per heavy atom. The third-order valence-electron chi connectivity index (χ3n) is 11.1. The zero-order valence-electron chi connectivity index (χ0n) is 32.7. The SMILES string of the molecule is CCC(CC(CC(CC(CC(C)c1ccc(S(=O)(=O)O)cc1)c1ccc(C)cc1)c1ccc(S(=O)(=O)O)cc1)c1ccc(S(=O)(=O)O)cc1)c1ccc(S(=O)(=O)O)cc1. The zero-order valence-corrected chi connectivity index (χ0v) is 35.9. The van der Waals surface area contributed by atoms with Gasteiger partial charge in [0.05, 0.1) is 19.6 Å². The highest BCUT2D eigenvalue weighted by atomic mass is 32.2. The maximum atomic E-state index is 12.1. The van der Waals surface area contributed by atoms with Crippen molar-refractivity contribution in [2.24, 2.45) is 0 Å². The average Bonchev–Trinajstić information content (AvgIpc) is 3.18. The van der Waals surface area contributed by atoms with Crippen molar-refractivity contribution in [3.8, 4) is 0 Å². The van der Waals surface area contributed by atoms with Crippen molar-refractivity contribution in [2.45, 2.75) is 102 Å². The Morgan fingerprint density at radius 2 is 0.610 bits per heavy atom. The quantitative estimate of drug-likeness (QED) is 0.0606. The van der Waals surface area contributed by atoms with Crippen LogP contribution in [0.2, 0.25) is 0 Å². The number of aryl methyl sites for hydroxylation is 1. The molecule has 0 aromatic heterocycles. The fourth-order valence-electron chi connectivity index (χ4n) is 7.78. The van der Waals surface area contributed by atoms with Gasteiger partial charge < -0.3 is 0 Å². The van der Waals surface area contributed by atoms with E-state index in [0.717, 1.165) is 33.4 Å². The average molecular weight is 885 g/mol. The molecule has 0 aliphatic carbocycles. The molecule has 0 aliphatic heterocycles. The van der Waals surface area contributed by atoms with Crippen LogP contribution in [0.1, 0.15) is 109 Å². The molecule has 5 unspecified atom stereocenters. The molecule has 0 bridgehead atoms. The molecule has 0 heterocycles. The summed E-state index contributed by atoms with van der Waals surface area (Å²) in [5.74, 6) is -0.852. The van der Waals surface area contributed by atoms with Crippen LogP contribution < -0.4 is 0 Å². The number of hydrogen-bond acceptors (Lipinski definition) is 8. The molecular weight excluding hydrogens is 837 g/mol. The first-order valence-electron chi connectivity index (χ1n) is 18.9. The minimum atomic E-state index is -4.49. The molecule has 4 N–H and O–H groups in total. The lowest BCUT2D eigenvalue weighted by Crippen LogP contribution is -2.15. The summed E-state index contributed by atoms with van der Waals surface area (Å²) in [7, 11) is -17.8. The summed E-state index contributed by atoms with van der Waals surface area (Å²) in [4.78, 5) is -1.00. The molecule has 0 radical (unpaired) electrons. The Labute approximate surface area is 347 Å². The zero-order chi connectivity index (χ0) is 43.3. The van der Waals surface area contributed by atoms with Gasteiger partial charge in [-0.3, -0.25) is 18.2 Å². The van der Waals surface area contributed by atoms with Crippen molar-refractivity contribution < 1.29 is 51.9 Å². The van der Waals surface area contributed by atoms with Crippen molar-refractivity contribution in [3.05, 3.63) is 155 Å². The largest absolute Gasteiger partial charge is 0.294 e. The van der Waals surface area contributed by atoms with Gasteiger partial charge in [-0.05, 0) is 145 Å². The number of hydrogen-bond donors (Lipinski definition) is 4. The monoisotopic (exact) mass is 884 g/mol. The highest BCUT2D eigenvalue weighted by Gasteiger charge is 2.29. The molecule has 0 fully saturated rings. The standard InChI is InChI=1S/C43H48O12S4/c1-4-31(33-11-19-41(20-12-33)57(47,48)49)26-38(35-13-21-42(22-14-35)58(50,51)52)28-39(36-15-23-43(24-16-36)59(53,54)55)27-37(34-7-5-29(2)6-8-34)25-30(3)32-9-17-40(18-10-32)56(44,45)46/h5-24,30-31,37-39H,4,25-28H2,1-3H3,(H,44,45,46)(H,47,48,49)(H,50,51,52)(H,53,54,55). The number of benzene rings is 5. The van der Waals surface area contributed by atoms with Gasteiger partial charge in [-0.1, -0.05) is 92.2 Å². The first kappa shape index (κ1) is 45.8. The Balaban J connectivity index is 1.60. The van der Waals surface area contributed by atoms with E-state index in [2.05, 4.69) is 12.1 Å². The van der Waals surface area contributed by atoms with Gasteiger partial charge in [0.2, 0.25) is 0 Å². The summed E-state index contributed by atoms with van der Waals surface area (Å²) in [5.41, 5.74) is 5.32. The minimum Gasteiger partial charge on any atom is -0.282 e. The molecule has 5 rings (SSSR count). The molecule has 316 valence electrons. The molecule has 5 aromatic rings. The topological polar surface area (TPSA) is 217 Å². The molecule has 0 saturated heterocycles. The minimum absolute atomic E-state index is 0.0849. The molecule has 12 nitrogen and oxygen atoms in total. The van der Waals surface area contributed by atoms with Crippen molar-refractivity contribution in [3.63, 3.8) is 0 Å². The lowest BCUT2D eigenvalue weighted by molar-refractivity contribution is 0.406. The summed E-state index contributed by atoms with van der Waals surface area (Å²) < 4.78 is 134. The van der Waals surface area contributed by atoms with E-state index in [0.29, 0.717) is 32.1 Å². The predicted molar refractivity (Wildman–Crippen MR) is 224 cm³/mol. The van der Waals surface area contributed by atoms with Gasteiger partial charge in [-0.2, -0.15) is 33.7 Å². The van der Waals surface area contributed by atoms with Crippen LogP contribution in [-0.2, 0) is 40.5 Å². The van der Waals surface area contributed by atoms with Crippen molar-refractivity contribution in [2.75, 3.05) is 0 Å². The molecular formula is C43H48O12S4. The lowest BCUT2D eigenvalue weighted by Gasteiger charge is -2.31. The van der Waals surface area contributed by atoms with Crippen LogP contribution in [-0.4, -0.2) is 51.9 Å². The highest BCUT2D eigenvalue weighted by molar-refractivity contribution is 7.86. The van der Waals surface area contributed by atoms with Crippen molar-refractivity contribution >= 4 is 40.5 Å². The summed E-state index contributed by atoms with van der Waals surface area (Å²) in [6.07, 6.45) is 2.77. The Hall–Kier alpha value is -4.26. The first-order valence-corrected chi connectivity index (χ1v) is 24.6. The van der Waals surface area contributed by atoms with Gasteiger partial charge in [0, 0.05) is 0 Å². The van der Waals surface area contributed by atoms with Crippen LogP contribution in [0, 0.1) is 6.92 Å². The second-order valence-corrected chi connectivity index (χ2v) is 20.8.